The number of hydrogen-bond acceptors (Lipinski definition) is 5. The molecule has 2 N–H and O–H groups in total. The molecule has 2 heterocycles. The quantitative estimate of drug-likeness (QED) is 0.264. The Morgan fingerprint density at radius 2 is 1.00 bits per heavy atom. The van der Waals surface area contributed by atoms with E-state index in [-0.39, 0.29) is 24.6 Å². The van der Waals surface area contributed by atoms with Crippen LogP contribution in [-0.2, 0) is 22.7 Å². The van der Waals surface area contributed by atoms with Crippen LogP contribution in [0.3, 0.4) is 0 Å². The Labute approximate surface area is 314 Å². The van der Waals surface area contributed by atoms with Gasteiger partial charge in [-0.2, -0.15) is 0 Å². The summed E-state index contributed by atoms with van der Waals surface area (Å²) in [5.41, 5.74) is 8.18. The Hall–Kier alpha value is -2.77. The number of hydrogen-bond donors (Lipinski definition) is 1. The number of carbonyl (C=O) groups excluding carboxylic acids is 2. The van der Waals surface area contributed by atoms with Crippen LogP contribution >= 0.6 is 12.4 Å². The molecule has 4 atom stereocenters. The minimum atomic E-state index is -0.166. The van der Waals surface area contributed by atoms with E-state index < -0.39 is 0 Å². The molecular weight excluding hydrogens is 658 g/mol. The summed E-state index contributed by atoms with van der Waals surface area (Å²) in [6, 6.07) is 20.2. The molecule has 8 heteroatoms. The van der Waals surface area contributed by atoms with Crippen LogP contribution in [0.1, 0.15) is 121 Å². The highest BCUT2D eigenvalue weighted by Crippen LogP contribution is 2.34. The average molecular weight is 724 g/mol. The second kappa shape index (κ2) is 22.3. The van der Waals surface area contributed by atoms with Crippen LogP contribution in [-0.4, -0.2) is 54.2 Å². The molecule has 4 aliphatic rings. The number of halogens is 1. The fraction of sp³-hybridized carbons (Fsp3) is 0.674. The normalized spacial score (nSPS) is 24.4. The van der Waals surface area contributed by atoms with Gasteiger partial charge in [-0.25, -0.2) is 9.59 Å². The van der Waals surface area contributed by atoms with Gasteiger partial charge in [-0.3, -0.25) is 0 Å². The van der Waals surface area contributed by atoms with Crippen molar-refractivity contribution in [2.24, 2.45) is 35.3 Å². The smallest absolute Gasteiger partial charge is 0.410 e. The van der Waals surface area contributed by atoms with E-state index in [1.165, 1.54) is 77.0 Å². The molecule has 4 fully saturated rings. The fourth-order valence-electron chi connectivity index (χ4n) is 8.79. The van der Waals surface area contributed by atoms with E-state index in [1.807, 2.05) is 70.5 Å². The molecule has 2 aliphatic carbocycles. The highest BCUT2D eigenvalue weighted by Gasteiger charge is 2.27. The summed E-state index contributed by atoms with van der Waals surface area (Å²) in [6.45, 7) is 6.54. The molecule has 0 bridgehead atoms. The predicted octanol–water partition coefficient (Wildman–Crippen LogP) is 10.4. The lowest BCUT2D eigenvalue weighted by atomic mass is 9.78. The van der Waals surface area contributed by atoms with Crippen LogP contribution in [0, 0.1) is 29.6 Å². The van der Waals surface area contributed by atoms with Crippen molar-refractivity contribution in [2.75, 3.05) is 26.2 Å². The van der Waals surface area contributed by atoms with Crippen molar-refractivity contribution in [3.05, 3.63) is 71.8 Å². The molecule has 51 heavy (non-hydrogen) atoms. The van der Waals surface area contributed by atoms with Gasteiger partial charge in [0.2, 0.25) is 0 Å². The van der Waals surface area contributed by atoms with Crippen molar-refractivity contribution in [1.82, 2.24) is 9.80 Å². The fourth-order valence-corrected chi connectivity index (χ4v) is 8.79. The summed E-state index contributed by atoms with van der Waals surface area (Å²) in [5, 5.41) is 0. The predicted molar refractivity (Wildman–Crippen MR) is 209 cm³/mol. The Morgan fingerprint density at radius 3 is 1.43 bits per heavy atom. The monoisotopic (exact) mass is 723 g/mol. The second-order valence-electron chi connectivity index (χ2n) is 16.0. The summed E-state index contributed by atoms with van der Waals surface area (Å²) in [4.78, 5) is 28.2. The molecule has 0 radical (unpaired) electrons. The summed E-state index contributed by atoms with van der Waals surface area (Å²) in [5.74, 6) is 4.28. The SMILES string of the molecule is C[C@@H]1CCC[C@H](CCC2CCN(C(=O)OCc3ccccc3)CC2)C1.Cl.N[C@@H]1CCC[C@H](CCC2CCN(C(=O)OCc3ccccc3)CC2)C1. The first-order chi connectivity index (χ1) is 24.4. The van der Waals surface area contributed by atoms with E-state index in [4.69, 9.17) is 15.2 Å². The lowest BCUT2D eigenvalue weighted by molar-refractivity contribution is 0.0798. The van der Waals surface area contributed by atoms with Gasteiger partial charge in [0.1, 0.15) is 13.2 Å². The van der Waals surface area contributed by atoms with Gasteiger partial charge in [-0.1, -0.05) is 125 Å². The maximum atomic E-state index is 12.2. The molecule has 2 aromatic carbocycles. The van der Waals surface area contributed by atoms with Crippen LogP contribution in [0.15, 0.2) is 60.7 Å². The third kappa shape index (κ3) is 14.6. The number of carbonyl (C=O) groups is 2. The maximum absolute atomic E-state index is 12.2. The van der Waals surface area contributed by atoms with E-state index in [2.05, 4.69) is 6.92 Å². The topological polar surface area (TPSA) is 85.1 Å². The zero-order chi connectivity index (χ0) is 35.0. The zero-order valence-electron chi connectivity index (χ0n) is 31.3. The summed E-state index contributed by atoms with van der Waals surface area (Å²) < 4.78 is 10.9. The first-order valence-corrected chi connectivity index (χ1v) is 20.1. The van der Waals surface area contributed by atoms with Crippen molar-refractivity contribution >= 4 is 24.6 Å². The van der Waals surface area contributed by atoms with Crippen molar-refractivity contribution in [1.29, 1.82) is 0 Å². The van der Waals surface area contributed by atoms with Crippen molar-refractivity contribution in [2.45, 2.75) is 129 Å². The molecule has 2 aromatic rings. The number of rotatable bonds is 10. The lowest BCUT2D eigenvalue weighted by Crippen LogP contribution is -2.39. The van der Waals surface area contributed by atoms with Crippen molar-refractivity contribution < 1.29 is 19.1 Å². The van der Waals surface area contributed by atoms with E-state index in [9.17, 15) is 9.59 Å². The van der Waals surface area contributed by atoms with E-state index >= 15 is 0 Å². The highest BCUT2D eigenvalue weighted by atomic mass is 35.5. The van der Waals surface area contributed by atoms with Crippen molar-refractivity contribution in [3.63, 3.8) is 0 Å². The standard InChI is InChI=1S/C22H33NO2.C21H32N2O2.ClH/c1-18-6-5-9-20(16-18)11-10-19-12-14-23(15-13-19)22(24)25-17-21-7-3-2-4-8-21;22-20-8-4-7-18(15-20)10-9-17-11-13-23(14-12-17)21(24)25-16-19-5-2-1-3-6-19;/h2-4,7-8,18-20H,5-6,9-17H2,1H3;1-3,5-6,17-18,20H,4,7-16,22H2;1H/t2*18-,20-;/m11./s1. The number of likely N-dealkylation sites (tertiary alicyclic amines) is 2. The van der Waals surface area contributed by atoms with Gasteiger partial charge < -0.3 is 25.0 Å². The molecule has 2 saturated carbocycles. The summed E-state index contributed by atoms with van der Waals surface area (Å²) in [7, 11) is 0. The van der Waals surface area contributed by atoms with Crippen LogP contribution in [0.5, 0.6) is 0 Å². The van der Waals surface area contributed by atoms with Gasteiger partial charge in [-0.05, 0) is 85.7 Å². The number of benzene rings is 2. The van der Waals surface area contributed by atoms with Gasteiger partial charge in [0.25, 0.3) is 0 Å². The van der Waals surface area contributed by atoms with Crippen LogP contribution < -0.4 is 5.73 Å². The molecule has 2 saturated heterocycles. The van der Waals surface area contributed by atoms with Crippen LogP contribution in [0.2, 0.25) is 0 Å². The Bertz CT molecular complexity index is 1150. The van der Waals surface area contributed by atoms with Crippen LogP contribution in [0.4, 0.5) is 9.59 Å². The molecule has 0 spiro atoms. The summed E-state index contributed by atoms with van der Waals surface area (Å²) >= 11 is 0. The number of amides is 2. The largest absolute Gasteiger partial charge is 0.445 e. The molecule has 6 rings (SSSR count). The lowest BCUT2D eigenvalue weighted by Gasteiger charge is -2.33. The third-order valence-corrected chi connectivity index (χ3v) is 12.0. The number of nitrogens with zero attached hydrogens (tertiary/aromatic N) is 2. The van der Waals surface area contributed by atoms with Gasteiger partial charge >= 0.3 is 12.2 Å². The van der Waals surface area contributed by atoms with E-state index in [1.54, 1.807) is 0 Å². The average Bonchev–Trinajstić information content (AvgIpc) is 3.16. The zero-order valence-corrected chi connectivity index (χ0v) is 32.1. The first kappa shape index (κ1) is 41.0. The van der Waals surface area contributed by atoms with Crippen molar-refractivity contribution in [3.8, 4) is 0 Å². The van der Waals surface area contributed by atoms with Gasteiger partial charge in [0.05, 0.1) is 0 Å². The minimum Gasteiger partial charge on any atom is -0.445 e. The van der Waals surface area contributed by atoms with Gasteiger partial charge in [0.15, 0.2) is 0 Å². The van der Waals surface area contributed by atoms with Gasteiger partial charge in [0, 0.05) is 32.2 Å². The minimum absolute atomic E-state index is 0. The molecule has 2 aliphatic heterocycles. The molecule has 7 nitrogen and oxygen atoms in total. The number of ether oxygens (including phenoxy) is 2. The maximum Gasteiger partial charge on any atom is 0.410 e. The molecule has 0 unspecified atom stereocenters. The van der Waals surface area contributed by atoms with E-state index in [0.717, 1.165) is 92.6 Å². The Kier molecular flexibility index (Phi) is 18.0. The first-order valence-electron chi connectivity index (χ1n) is 20.1. The molecule has 2 amide bonds. The van der Waals surface area contributed by atoms with Crippen LogP contribution in [0.25, 0.3) is 0 Å². The summed E-state index contributed by atoms with van der Waals surface area (Å²) in [6.07, 6.45) is 20.4. The Morgan fingerprint density at radius 1 is 0.588 bits per heavy atom. The molecule has 284 valence electrons. The number of nitrogens with two attached hydrogens (primary N) is 1. The number of piperidine rings is 2. The Balaban J connectivity index is 0.000000224. The van der Waals surface area contributed by atoms with Gasteiger partial charge in [-0.15, -0.1) is 12.4 Å². The molecular formula is C43H66ClN3O4. The van der Waals surface area contributed by atoms with E-state index in [0.29, 0.717) is 19.3 Å². The highest BCUT2D eigenvalue weighted by molar-refractivity contribution is 5.85. The third-order valence-electron chi connectivity index (χ3n) is 12.0. The second-order valence-corrected chi connectivity index (χ2v) is 16.0. The molecule has 0 aromatic heterocycles.